The van der Waals surface area contributed by atoms with Crippen molar-refractivity contribution >= 4 is 39.3 Å². The number of hydrogen-bond donors (Lipinski definition) is 0. The molecule has 0 N–H and O–H groups in total. The van der Waals surface area contributed by atoms with Gasteiger partial charge in [0.15, 0.2) is 8.24 Å². The second-order valence-electron chi connectivity index (χ2n) is 7.97. The Morgan fingerprint density at radius 1 is 0.950 bits per heavy atom. The first-order chi connectivity index (χ1) is 8.81. The summed E-state index contributed by atoms with van der Waals surface area (Å²) in [6.07, 6.45) is -2.05. The van der Waals surface area contributed by atoms with Gasteiger partial charge in [0.05, 0.1) is 14.5 Å². The Morgan fingerprint density at radius 3 is 1.75 bits per heavy atom. The van der Waals surface area contributed by atoms with Crippen molar-refractivity contribution in [3.8, 4) is 0 Å². The van der Waals surface area contributed by atoms with Gasteiger partial charge in [-0.15, -0.1) is 0 Å². The molecule has 0 radical (unpaired) electrons. The molecule has 0 heterocycles. The van der Waals surface area contributed by atoms with Gasteiger partial charge in [0.1, 0.15) is 0 Å². The predicted molar refractivity (Wildman–Crippen MR) is 102 cm³/mol. The molecule has 0 amide bonds. The van der Waals surface area contributed by atoms with E-state index >= 15 is 0 Å². The number of halogens is 1. The molecule has 5 heteroatoms. The van der Waals surface area contributed by atoms with Crippen LogP contribution in [0.3, 0.4) is 0 Å². The van der Waals surface area contributed by atoms with Gasteiger partial charge in [-0.05, 0) is 0 Å². The average molecular weight is 346 g/mol. The largest absolute Gasteiger partial charge is 0.320 e. The Kier molecular flexibility index (Phi) is 5.24. The smallest absolute Gasteiger partial charge is 0.172 e. The first-order valence-electron chi connectivity index (χ1n) is 7.20. The van der Waals surface area contributed by atoms with Crippen molar-refractivity contribution < 1.29 is 0 Å². The molecule has 1 atom stereocenters. The van der Waals surface area contributed by atoms with Crippen molar-refractivity contribution in [1.82, 2.24) is 0 Å². The molecule has 0 fully saturated rings. The summed E-state index contributed by atoms with van der Waals surface area (Å²) < 4.78 is 5.39. The maximum atomic E-state index is 7.34. The van der Waals surface area contributed by atoms with Crippen molar-refractivity contribution in [2.24, 2.45) is 4.41 Å². The molecule has 1 unspecified atom stereocenters. The molecular formula is C15H29ClNPSi2. The van der Waals surface area contributed by atoms with Gasteiger partial charge in [-0.3, -0.25) is 0 Å². The van der Waals surface area contributed by atoms with Gasteiger partial charge in [-0.25, -0.2) is 0 Å². The van der Waals surface area contributed by atoms with E-state index in [9.17, 15) is 0 Å². The number of nitrogens with zero attached hydrogens (tertiary/aromatic N) is 1. The molecule has 0 aromatic heterocycles. The van der Waals surface area contributed by atoms with E-state index in [0.29, 0.717) is 0 Å². The van der Waals surface area contributed by atoms with Crippen LogP contribution in [0.2, 0.25) is 39.3 Å². The van der Waals surface area contributed by atoms with E-state index in [0.717, 1.165) is 0 Å². The van der Waals surface area contributed by atoms with E-state index in [1.165, 1.54) is 5.30 Å². The first kappa shape index (κ1) is 18.2. The fourth-order valence-electron chi connectivity index (χ4n) is 1.99. The van der Waals surface area contributed by atoms with E-state index in [1.54, 1.807) is 0 Å². The Bertz CT molecular complexity index is 513. The van der Waals surface area contributed by atoms with Gasteiger partial charge >= 0.3 is 0 Å². The molecule has 0 saturated heterocycles. The Morgan fingerprint density at radius 2 is 1.40 bits per heavy atom. The average Bonchev–Trinajstić information content (AvgIpc) is 2.26. The maximum absolute atomic E-state index is 7.34. The van der Waals surface area contributed by atoms with Crippen LogP contribution < -0.4 is 5.30 Å². The lowest BCUT2D eigenvalue weighted by atomic mass is 10.4. The monoisotopic (exact) mass is 345 g/mol. The molecule has 0 aliphatic heterocycles. The molecule has 1 rings (SSSR count). The van der Waals surface area contributed by atoms with E-state index < -0.39 is 22.7 Å². The number of hydrogen-bond acceptors (Lipinski definition) is 1. The van der Waals surface area contributed by atoms with Gasteiger partial charge in [0.2, 0.25) is 0 Å². The molecule has 0 bridgehead atoms. The van der Waals surface area contributed by atoms with Crippen molar-refractivity contribution in [2.75, 3.05) is 0 Å². The van der Waals surface area contributed by atoms with E-state index in [1.807, 2.05) is 0 Å². The van der Waals surface area contributed by atoms with Crippen molar-refractivity contribution in [3.05, 3.63) is 30.3 Å². The Balaban J connectivity index is 3.66. The van der Waals surface area contributed by atoms with Crippen LogP contribution in [0.25, 0.3) is 0 Å². The minimum absolute atomic E-state index is 0.0865. The molecule has 20 heavy (non-hydrogen) atoms. The predicted octanol–water partition coefficient (Wildman–Crippen LogP) is 6.16. The summed E-state index contributed by atoms with van der Waals surface area (Å²) >= 11 is 7.34. The second kappa shape index (κ2) is 5.75. The van der Waals surface area contributed by atoms with Crippen LogP contribution in [0, 0.1) is 0 Å². The van der Waals surface area contributed by atoms with Crippen LogP contribution in [-0.4, -0.2) is 21.1 Å². The van der Waals surface area contributed by atoms with E-state index in [4.69, 9.17) is 15.7 Å². The molecular weight excluding hydrogens is 317 g/mol. The number of benzene rings is 1. The highest BCUT2D eigenvalue weighted by Gasteiger charge is 2.47. The molecule has 1 aromatic carbocycles. The Hall–Kier alpha value is 0.174. The van der Waals surface area contributed by atoms with E-state index in [2.05, 4.69) is 83.5 Å². The molecule has 1 nitrogen and oxygen atoms in total. The third-order valence-electron chi connectivity index (χ3n) is 4.11. The maximum Gasteiger partial charge on any atom is 0.172 e. The summed E-state index contributed by atoms with van der Waals surface area (Å²) in [7, 11) is -3.06. The van der Waals surface area contributed by atoms with Crippen molar-refractivity contribution in [2.45, 2.75) is 57.9 Å². The fraction of sp³-hybridized carbons (Fsp3) is 0.600. The third-order valence-corrected chi connectivity index (χ3v) is 19.7. The lowest BCUT2D eigenvalue weighted by molar-refractivity contribution is 0.935. The lowest BCUT2D eigenvalue weighted by Crippen LogP contribution is -2.48. The third kappa shape index (κ3) is 3.68. The normalized spacial score (nSPS) is 16.6. The summed E-state index contributed by atoms with van der Waals surface area (Å²) in [5, 5.41) is 1.25. The minimum atomic E-state index is -2.05. The minimum Gasteiger partial charge on any atom is -0.320 e. The SMILES string of the molecule is CC(C)([Si](C)(C)C)P(Cl)(=N[Si](C)(C)C)c1ccccc1. The van der Waals surface area contributed by atoms with Gasteiger partial charge in [0.25, 0.3) is 0 Å². The highest BCUT2D eigenvalue weighted by atomic mass is 35.7. The van der Waals surface area contributed by atoms with Crippen LogP contribution in [0.5, 0.6) is 0 Å². The molecule has 0 aliphatic rings. The van der Waals surface area contributed by atoms with Crippen LogP contribution >= 0.6 is 17.6 Å². The van der Waals surface area contributed by atoms with E-state index in [-0.39, 0.29) is 4.78 Å². The van der Waals surface area contributed by atoms with Crippen LogP contribution in [-0.2, 0) is 0 Å². The zero-order valence-corrected chi connectivity index (χ0v) is 17.8. The first-order valence-corrected chi connectivity index (χ1v) is 16.8. The molecule has 0 spiro atoms. The van der Waals surface area contributed by atoms with Gasteiger partial charge in [-0.1, -0.05) is 94.7 Å². The fourth-order valence-corrected chi connectivity index (χ4v) is 17.0. The van der Waals surface area contributed by atoms with Gasteiger partial charge in [0, 0.05) is 10.1 Å². The number of rotatable bonds is 4. The van der Waals surface area contributed by atoms with Crippen LogP contribution in [0.4, 0.5) is 0 Å². The van der Waals surface area contributed by atoms with Gasteiger partial charge in [-0.2, -0.15) is 0 Å². The van der Waals surface area contributed by atoms with Crippen LogP contribution in [0.1, 0.15) is 13.8 Å². The highest BCUT2D eigenvalue weighted by molar-refractivity contribution is 8.00. The molecule has 0 saturated carbocycles. The molecule has 114 valence electrons. The summed E-state index contributed by atoms with van der Waals surface area (Å²) in [6.45, 7) is 18.8. The second-order valence-corrected chi connectivity index (χ2v) is 23.5. The standard InChI is InChI=1S/C15H29ClNPSi2/c1-15(2,19(3,4)5)18(16,17-20(6,7)8)14-12-10-9-11-13-14/h9-13H,1-8H3. The topological polar surface area (TPSA) is 12.4 Å². The van der Waals surface area contributed by atoms with Crippen LogP contribution in [0.15, 0.2) is 34.7 Å². The Labute approximate surface area is 132 Å². The molecule has 1 aromatic rings. The lowest BCUT2D eigenvalue weighted by Gasteiger charge is -2.45. The molecule has 0 aliphatic carbocycles. The quantitative estimate of drug-likeness (QED) is 0.458. The summed E-state index contributed by atoms with van der Waals surface area (Å²) in [5.41, 5.74) is 0. The summed E-state index contributed by atoms with van der Waals surface area (Å²) in [6, 6.07) is 10.6. The zero-order chi connectivity index (χ0) is 15.8. The zero-order valence-electron chi connectivity index (χ0n) is 14.2. The summed E-state index contributed by atoms with van der Waals surface area (Å²) in [4.78, 5) is 0. The summed E-state index contributed by atoms with van der Waals surface area (Å²) in [5.74, 6) is 0. The van der Waals surface area contributed by atoms with Crippen molar-refractivity contribution in [3.63, 3.8) is 0 Å². The highest BCUT2D eigenvalue weighted by Crippen LogP contribution is 2.67. The van der Waals surface area contributed by atoms with Crippen molar-refractivity contribution in [1.29, 1.82) is 0 Å². The van der Waals surface area contributed by atoms with Gasteiger partial charge < -0.3 is 4.41 Å².